The number of hydrogen-bond acceptors (Lipinski definition) is 2. The smallest absolute Gasteiger partial charge is 0.195 e. The average molecular weight is 273 g/mol. The molecule has 0 saturated carbocycles. The van der Waals surface area contributed by atoms with E-state index in [4.69, 9.17) is 0 Å². The normalized spacial score (nSPS) is 13.2. The lowest BCUT2D eigenvalue weighted by Gasteiger charge is -2.27. The Morgan fingerprint density at radius 3 is 2.00 bits per heavy atom. The Morgan fingerprint density at radius 1 is 1.31 bits per heavy atom. The van der Waals surface area contributed by atoms with Gasteiger partial charge in [0.1, 0.15) is 0 Å². The summed E-state index contributed by atoms with van der Waals surface area (Å²) in [5.74, 6) is 0. The molecule has 0 fully saturated rings. The van der Waals surface area contributed by atoms with E-state index in [1.807, 2.05) is 13.8 Å². The first-order valence-electron chi connectivity index (χ1n) is 4.09. The van der Waals surface area contributed by atoms with Crippen LogP contribution in [0.2, 0.25) is 0 Å². The molecule has 0 aliphatic rings. The van der Waals surface area contributed by atoms with Crippen molar-refractivity contribution in [2.24, 2.45) is 0 Å². The summed E-state index contributed by atoms with van der Waals surface area (Å²) < 4.78 is 26.1. The van der Waals surface area contributed by atoms with Crippen LogP contribution < -0.4 is 0 Å². The predicted octanol–water partition coefficient (Wildman–Crippen LogP) is 0.898. The summed E-state index contributed by atoms with van der Waals surface area (Å²) in [6.45, 7) is 4.23. The summed E-state index contributed by atoms with van der Waals surface area (Å²) in [4.78, 5) is 0. The maximum absolute atomic E-state index is 11.7. The Balaban J connectivity index is 4.74. The van der Waals surface area contributed by atoms with Crippen molar-refractivity contribution in [3.63, 3.8) is 0 Å². The minimum Gasteiger partial charge on any atom is -0.195 e. The molecule has 0 spiro atoms. The quantitative estimate of drug-likeness (QED) is 0.698. The van der Waals surface area contributed by atoms with Crippen molar-refractivity contribution in [1.29, 1.82) is 0 Å². The number of halogens is 1. The van der Waals surface area contributed by atoms with E-state index in [-0.39, 0.29) is 6.04 Å². The van der Waals surface area contributed by atoms with Gasteiger partial charge < -0.3 is 0 Å². The number of nitrogens with zero attached hydrogens (tertiary/aromatic N) is 2. The van der Waals surface area contributed by atoms with Gasteiger partial charge in [-0.25, -0.2) is 0 Å². The third kappa shape index (κ3) is 3.53. The minimum atomic E-state index is -3.26. The van der Waals surface area contributed by atoms with Crippen molar-refractivity contribution >= 4 is 26.1 Å². The first-order chi connectivity index (χ1) is 5.84. The summed E-state index contributed by atoms with van der Waals surface area (Å²) in [6, 6.07) is -0.00931. The molecule has 80 valence electrons. The van der Waals surface area contributed by atoms with Gasteiger partial charge in [0.05, 0.1) is 0 Å². The monoisotopic (exact) mass is 272 g/mol. The molecule has 0 radical (unpaired) electrons. The van der Waals surface area contributed by atoms with Crippen LogP contribution >= 0.6 is 15.9 Å². The molecule has 6 heteroatoms. The molecule has 13 heavy (non-hydrogen) atoms. The van der Waals surface area contributed by atoms with Gasteiger partial charge in [-0.1, -0.05) is 15.9 Å². The summed E-state index contributed by atoms with van der Waals surface area (Å²) in [6.07, 6.45) is 0. The van der Waals surface area contributed by atoms with E-state index < -0.39 is 10.2 Å². The van der Waals surface area contributed by atoms with Crippen LogP contribution in [-0.4, -0.2) is 49.0 Å². The summed E-state index contributed by atoms with van der Waals surface area (Å²) in [7, 11) is -0.182. The maximum atomic E-state index is 11.7. The van der Waals surface area contributed by atoms with Crippen molar-refractivity contribution in [2.45, 2.75) is 19.9 Å². The van der Waals surface area contributed by atoms with E-state index in [9.17, 15) is 8.42 Å². The fourth-order valence-electron chi connectivity index (χ4n) is 0.933. The van der Waals surface area contributed by atoms with E-state index in [1.54, 1.807) is 14.1 Å². The second-order valence-electron chi connectivity index (χ2n) is 3.18. The fourth-order valence-corrected chi connectivity index (χ4v) is 2.82. The Kier molecular flexibility index (Phi) is 5.43. The molecule has 0 atom stereocenters. The zero-order chi connectivity index (χ0) is 10.6. The molecule has 0 bridgehead atoms. The van der Waals surface area contributed by atoms with Gasteiger partial charge in [-0.2, -0.15) is 17.0 Å². The van der Waals surface area contributed by atoms with Gasteiger partial charge in [0.25, 0.3) is 10.2 Å². The SMILES string of the molecule is CC(C)N(CCBr)S(=O)(=O)N(C)C. The van der Waals surface area contributed by atoms with Crippen LogP contribution in [0.15, 0.2) is 0 Å². The summed E-state index contributed by atoms with van der Waals surface area (Å²) >= 11 is 3.24. The highest BCUT2D eigenvalue weighted by Crippen LogP contribution is 2.09. The van der Waals surface area contributed by atoms with Crippen molar-refractivity contribution in [1.82, 2.24) is 8.61 Å². The fraction of sp³-hybridized carbons (Fsp3) is 1.00. The van der Waals surface area contributed by atoms with Crippen molar-refractivity contribution in [3.8, 4) is 0 Å². The standard InChI is InChI=1S/C7H17BrN2O2S/c1-7(2)10(6-5-8)13(11,12)9(3)4/h7H,5-6H2,1-4H3. The van der Waals surface area contributed by atoms with Gasteiger partial charge in [-0.15, -0.1) is 0 Å². The summed E-state index contributed by atoms with van der Waals surface area (Å²) in [5, 5.41) is 0.651. The molecule has 0 aromatic heterocycles. The van der Waals surface area contributed by atoms with E-state index >= 15 is 0 Å². The molecule has 0 amide bonds. The molecule has 0 aromatic rings. The van der Waals surface area contributed by atoms with Gasteiger partial charge in [0, 0.05) is 32.0 Å². The Hall–Kier alpha value is 0.350. The van der Waals surface area contributed by atoms with Crippen LogP contribution in [0.4, 0.5) is 0 Å². The zero-order valence-electron chi connectivity index (χ0n) is 8.49. The molecule has 0 aliphatic heterocycles. The molecule has 0 unspecified atom stereocenters. The lowest BCUT2D eigenvalue weighted by Crippen LogP contribution is -2.44. The predicted molar refractivity (Wildman–Crippen MR) is 58.2 cm³/mol. The first-order valence-corrected chi connectivity index (χ1v) is 6.61. The topological polar surface area (TPSA) is 40.6 Å². The lowest BCUT2D eigenvalue weighted by molar-refractivity contribution is 0.343. The molecule has 0 aromatic carbocycles. The van der Waals surface area contributed by atoms with Crippen LogP contribution in [0.1, 0.15) is 13.8 Å². The molecular weight excluding hydrogens is 256 g/mol. The summed E-state index contributed by atoms with van der Waals surface area (Å²) in [5.41, 5.74) is 0. The number of rotatable bonds is 5. The Labute approximate surface area is 89.2 Å². The molecule has 0 N–H and O–H groups in total. The Bertz CT molecular complexity index is 239. The largest absolute Gasteiger partial charge is 0.281 e. The van der Waals surface area contributed by atoms with E-state index in [0.29, 0.717) is 11.9 Å². The van der Waals surface area contributed by atoms with E-state index in [0.717, 1.165) is 0 Å². The van der Waals surface area contributed by atoms with Crippen LogP contribution in [0.3, 0.4) is 0 Å². The maximum Gasteiger partial charge on any atom is 0.281 e. The first kappa shape index (κ1) is 13.4. The van der Waals surface area contributed by atoms with Crippen molar-refractivity contribution in [2.75, 3.05) is 26.0 Å². The van der Waals surface area contributed by atoms with Gasteiger partial charge in [0.2, 0.25) is 0 Å². The second kappa shape index (κ2) is 5.29. The van der Waals surface area contributed by atoms with Crippen LogP contribution in [0.25, 0.3) is 0 Å². The number of hydrogen-bond donors (Lipinski definition) is 0. The number of alkyl halides is 1. The Morgan fingerprint density at radius 2 is 1.77 bits per heavy atom. The molecular formula is C7H17BrN2O2S. The second-order valence-corrected chi connectivity index (χ2v) is 6.07. The average Bonchev–Trinajstić information content (AvgIpc) is 1.98. The lowest BCUT2D eigenvalue weighted by atomic mass is 10.4. The third-order valence-electron chi connectivity index (χ3n) is 1.64. The molecule has 0 rings (SSSR count). The highest BCUT2D eigenvalue weighted by Gasteiger charge is 2.25. The van der Waals surface area contributed by atoms with Crippen molar-refractivity contribution in [3.05, 3.63) is 0 Å². The molecule has 0 saturated heterocycles. The van der Waals surface area contributed by atoms with E-state index in [2.05, 4.69) is 15.9 Å². The van der Waals surface area contributed by atoms with Gasteiger partial charge in [-0.05, 0) is 13.8 Å². The van der Waals surface area contributed by atoms with E-state index in [1.165, 1.54) is 8.61 Å². The zero-order valence-corrected chi connectivity index (χ0v) is 10.9. The van der Waals surface area contributed by atoms with Crippen LogP contribution in [0, 0.1) is 0 Å². The van der Waals surface area contributed by atoms with Gasteiger partial charge in [0.15, 0.2) is 0 Å². The molecule has 4 nitrogen and oxygen atoms in total. The van der Waals surface area contributed by atoms with Crippen LogP contribution in [-0.2, 0) is 10.2 Å². The molecule has 0 aliphatic carbocycles. The highest BCUT2D eigenvalue weighted by molar-refractivity contribution is 9.09. The molecule has 0 heterocycles. The van der Waals surface area contributed by atoms with Gasteiger partial charge >= 0.3 is 0 Å². The minimum absolute atomic E-state index is 0.00931. The van der Waals surface area contributed by atoms with Gasteiger partial charge in [-0.3, -0.25) is 0 Å². The third-order valence-corrected chi connectivity index (χ3v) is 4.11. The van der Waals surface area contributed by atoms with Crippen molar-refractivity contribution < 1.29 is 8.42 Å². The van der Waals surface area contributed by atoms with Crippen LogP contribution in [0.5, 0.6) is 0 Å². The highest BCUT2D eigenvalue weighted by atomic mass is 79.9.